The third kappa shape index (κ3) is 5.77. The zero-order valence-electron chi connectivity index (χ0n) is 10.8. The van der Waals surface area contributed by atoms with E-state index in [1.54, 1.807) is 38.1 Å². The summed E-state index contributed by atoms with van der Waals surface area (Å²) in [6, 6.07) is 8.15. The third-order valence-electron chi connectivity index (χ3n) is 2.50. The number of benzene rings is 1. The fourth-order valence-electron chi connectivity index (χ4n) is 1.61. The minimum Gasteiger partial charge on any atom is -0.312 e. The number of halogens is 3. The molecule has 0 fully saturated rings. The van der Waals surface area contributed by atoms with E-state index in [2.05, 4.69) is 5.92 Å². The summed E-state index contributed by atoms with van der Waals surface area (Å²) < 4.78 is 36.3. The van der Waals surface area contributed by atoms with Crippen LogP contribution in [0.25, 0.3) is 0 Å². The Morgan fingerprint density at radius 2 is 1.79 bits per heavy atom. The van der Waals surface area contributed by atoms with Gasteiger partial charge in [0.05, 0.1) is 12.6 Å². The summed E-state index contributed by atoms with van der Waals surface area (Å²) in [6.07, 6.45) is -4.54. The molecule has 0 spiro atoms. The van der Waals surface area contributed by atoms with Gasteiger partial charge in [0, 0.05) is 5.92 Å². The molecular weight excluding hydrogens is 255 g/mol. The topological polar surface area (TPSA) is 23.5 Å². The molecule has 19 heavy (non-hydrogen) atoms. The highest BCUT2D eigenvalue weighted by atomic mass is 19.4. The first-order valence-electron chi connectivity index (χ1n) is 5.88. The van der Waals surface area contributed by atoms with E-state index < -0.39 is 12.2 Å². The molecule has 0 bridgehead atoms. The van der Waals surface area contributed by atoms with Gasteiger partial charge in [-0.3, -0.25) is 0 Å². The van der Waals surface area contributed by atoms with E-state index in [1.807, 2.05) is 6.07 Å². The zero-order valence-corrected chi connectivity index (χ0v) is 10.8. The fraction of sp³-hybridized carbons (Fsp3) is 0.429. The van der Waals surface area contributed by atoms with Crippen LogP contribution in [0.3, 0.4) is 0 Å². The Morgan fingerprint density at radius 1 is 1.21 bits per heavy atom. The number of rotatable bonds is 4. The average molecular weight is 271 g/mol. The molecule has 5 heteroatoms. The molecule has 1 aromatic rings. The number of hydrogen-bond acceptors (Lipinski definition) is 2. The lowest BCUT2D eigenvalue weighted by Gasteiger charge is -2.24. The molecule has 1 unspecified atom stereocenters. The van der Waals surface area contributed by atoms with Crippen LogP contribution < -0.4 is 0 Å². The predicted octanol–water partition coefficient (Wildman–Crippen LogP) is 3.47. The van der Waals surface area contributed by atoms with Gasteiger partial charge in [-0.1, -0.05) is 50.1 Å². The molecule has 0 amide bonds. The molecule has 1 aromatic carbocycles. The Kier molecular flexibility index (Phi) is 5.40. The summed E-state index contributed by atoms with van der Waals surface area (Å²) >= 11 is 0. The Bertz CT molecular complexity index is 445. The maximum Gasteiger partial charge on any atom is 0.457 e. The first kappa shape index (κ1) is 15.5. The molecule has 0 radical (unpaired) electrons. The van der Waals surface area contributed by atoms with Crippen molar-refractivity contribution in [3.63, 3.8) is 0 Å². The van der Waals surface area contributed by atoms with Gasteiger partial charge in [0.2, 0.25) is 0 Å². The van der Waals surface area contributed by atoms with Crippen LogP contribution in [0.4, 0.5) is 13.2 Å². The quantitative estimate of drug-likeness (QED) is 0.669. The summed E-state index contributed by atoms with van der Waals surface area (Å²) in [6.45, 7) is 3.56. The van der Waals surface area contributed by atoms with E-state index in [0.717, 1.165) is 10.6 Å². The minimum absolute atomic E-state index is 0.135. The highest BCUT2D eigenvalue weighted by Gasteiger charge is 2.25. The fourth-order valence-corrected chi connectivity index (χ4v) is 1.61. The molecule has 1 atom stereocenters. The van der Waals surface area contributed by atoms with Crippen molar-refractivity contribution < 1.29 is 18.4 Å². The van der Waals surface area contributed by atoms with Crippen LogP contribution >= 0.6 is 0 Å². The van der Waals surface area contributed by atoms with Gasteiger partial charge in [-0.15, -0.1) is 0 Å². The minimum atomic E-state index is -4.54. The van der Waals surface area contributed by atoms with Crippen LogP contribution in [0, 0.1) is 17.8 Å². The summed E-state index contributed by atoms with van der Waals surface area (Å²) in [5.41, 5.74) is 0.810. The van der Waals surface area contributed by atoms with Gasteiger partial charge in [0.15, 0.2) is 0 Å². The van der Waals surface area contributed by atoms with Gasteiger partial charge < -0.3 is 5.21 Å². The van der Waals surface area contributed by atoms with Crippen LogP contribution in [-0.2, 0) is 6.54 Å². The Hall–Kier alpha value is -1.51. The molecule has 1 N–H and O–H groups in total. The monoisotopic (exact) mass is 271 g/mol. The lowest BCUT2D eigenvalue weighted by Crippen LogP contribution is -2.35. The second-order valence-electron chi connectivity index (χ2n) is 4.54. The standard InChI is InChI=1S/C14H16F3NO/c1-11(2)13(8-9-14(15,16)17)18(19)10-12-6-4-3-5-7-12/h3-7,11,13,19H,10H2,1-2H3. The summed E-state index contributed by atoms with van der Waals surface area (Å²) in [7, 11) is 0. The number of nitrogens with zero attached hydrogens (tertiary/aromatic N) is 1. The van der Waals surface area contributed by atoms with Crippen molar-refractivity contribution in [2.24, 2.45) is 5.92 Å². The van der Waals surface area contributed by atoms with Crippen molar-refractivity contribution in [3.05, 3.63) is 35.9 Å². The number of alkyl halides is 3. The van der Waals surface area contributed by atoms with E-state index in [9.17, 15) is 18.4 Å². The van der Waals surface area contributed by atoms with Gasteiger partial charge >= 0.3 is 6.18 Å². The van der Waals surface area contributed by atoms with Crippen molar-refractivity contribution in [3.8, 4) is 11.8 Å². The lowest BCUT2D eigenvalue weighted by molar-refractivity contribution is -0.130. The molecule has 0 saturated heterocycles. The molecule has 2 nitrogen and oxygen atoms in total. The first-order chi connectivity index (χ1) is 8.79. The molecule has 0 saturated carbocycles. The summed E-state index contributed by atoms with van der Waals surface area (Å²) in [5, 5.41) is 10.7. The van der Waals surface area contributed by atoms with Crippen molar-refractivity contribution >= 4 is 0 Å². The Labute approximate surface area is 110 Å². The van der Waals surface area contributed by atoms with Crippen LogP contribution in [0.1, 0.15) is 19.4 Å². The van der Waals surface area contributed by atoms with E-state index in [1.165, 1.54) is 5.92 Å². The number of hydroxylamine groups is 2. The Morgan fingerprint density at radius 3 is 2.26 bits per heavy atom. The third-order valence-corrected chi connectivity index (χ3v) is 2.50. The zero-order chi connectivity index (χ0) is 14.5. The Balaban J connectivity index is 2.79. The maximum absolute atomic E-state index is 12.1. The molecule has 1 rings (SSSR count). The van der Waals surface area contributed by atoms with E-state index in [0.29, 0.717) is 0 Å². The second kappa shape index (κ2) is 6.60. The molecule has 0 aromatic heterocycles. The second-order valence-corrected chi connectivity index (χ2v) is 4.54. The van der Waals surface area contributed by atoms with Crippen molar-refractivity contribution in [1.82, 2.24) is 5.06 Å². The van der Waals surface area contributed by atoms with Crippen molar-refractivity contribution in [2.45, 2.75) is 32.6 Å². The van der Waals surface area contributed by atoms with Crippen molar-refractivity contribution in [1.29, 1.82) is 0 Å². The largest absolute Gasteiger partial charge is 0.457 e. The van der Waals surface area contributed by atoms with E-state index in [-0.39, 0.29) is 12.5 Å². The van der Waals surface area contributed by atoms with E-state index in [4.69, 9.17) is 0 Å². The van der Waals surface area contributed by atoms with Gasteiger partial charge in [-0.25, -0.2) is 0 Å². The van der Waals surface area contributed by atoms with Crippen molar-refractivity contribution in [2.75, 3.05) is 0 Å². The molecule has 0 heterocycles. The van der Waals surface area contributed by atoms with Gasteiger partial charge in [0.25, 0.3) is 0 Å². The smallest absolute Gasteiger partial charge is 0.312 e. The first-order valence-corrected chi connectivity index (χ1v) is 5.88. The molecular formula is C14H16F3NO. The average Bonchev–Trinajstić information content (AvgIpc) is 2.28. The lowest BCUT2D eigenvalue weighted by atomic mass is 10.0. The molecule has 0 aliphatic rings. The van der Waals surface area contributed by atoms with Crippen LogP contribution in [0.5, 0.6) is 0 Å². The van der Waals surface area contributed by atoms with Gasteiger partial charge in [-0.2, -0.15) is 18.2 Å². The summed E-state index contributed by atoms with van der Waals surface area (Å²) in [4.78, 5) is 0. The molecule has 104 valence electrons. The van der Waals surface area contributed by atoms with E-state index >= 15 is 0 Å². The molecule has 0 aliphatic heterocycles. The predicted molar refractivity (Wildman–Crippen MR) is 66.2 cm³/mol. The SMILES string of the molecule is CC(C)C(C#CC(F)(F)F)N(O)Cc1ccccc1. The van der Waals surface area contributed by atoms with Gasteiger partial charge in [-0.05, 0) is 11.5 Å². The molecule has 0 aliphatic carbocycles. The van der Waals surface area contributed by atoms with Crippen LogP contribution in [-0.4, -0.2) is 22.5 Å². The highest BCUT2D eigenvalue weighted by molar-refractivity contribution is 5.16. The van der Waals surface area contributed by atoms with Crippen LogP contribution in [0.15, 0.2) is 30.3 Å². The normalized spacial score (nSPS) is 13.3. The number of hydrogen-bond donors (Lipinski definition) is 1. The maximum atomic E-state index is 12.1. The highest BCUT2D eigenvalue weighted by Crippen LogP contribution is 2.15. The van der Waals surface area contributed by atoms with Crippen LogP contribution in [0.2, 0.25) is 0 Å². The summed E-state index contributed by atoms with van der Waals surface area (Å²) in [5.74, 6) is 3.08. The van der Waals surface area contributed by atoms with Gasteiger partial charge in [0.1, 0.15) is 0 Å².